The lowest BCUT2D eigenvalue weighted by Crippen LogP contribution is -2.25. The molecule has 1 aromatic carbocycles. The molecule has 0 radical (unpaired) electrons. The molecule has 0 bridgehead atoms. The molecule has 1 aliphatic rings. The minimum atomic E-state index is 0.104. The summed E-state index contributed by atoms with van der Waals surface area (Å²) in [6, 6.07) is 11.8. The summed E-state index contributed by atoms with van der Waals surface area (Å²) < 4.78 is 0. The highest BCUT2D eigenvalue weighted by Crippen LogP contribution is 2.24. The number of rotatable bonds is 1. The molecule has 1 atom stereocenters. The predicted octanol–water partition coefficient (Wildman–Crippen LogP) is 2.27. The summed E-state index contributed by atoms with van der Waals surface area (Å²) in [7, 11) is 0. The van der Waals surface area contributed by atoms with Gasteiger partial charge in [0.25, 0.3) is 0 Å². The van der Waals surface area contributed by atoms with E-state index in [-0.39, 0.29) is 11.2 Å². The van der Waals surface area contributed by atoms with Crippen LogP contribution in [-0.4, -0.2) is 22.7 Å². The van der Waals surface area contributed by atoms with Crippen LogP contribution < -0.4 is 4.90 Å². The third kappa shape index (κ3) is 1.89. The Morgan fingerprint density at radius 3 is 2.82 bits per heavy atom. The Hall–Kier alpha value is -1.55. The van der Waals surface area contributed by atoms with Gasteiger partial charge in [-0.15, -0.1) is 0 Å². The third-order valence-electron chi connectivity index (χ3n) is 2.96. The number of thiol groups is 1. The molecule has 0 spiro atoms. The number of amides is 1. The van der Waals surface area contributed by atoms with Crippen LogP contribution in [0.2, 0.25) is 0 Å². The number of para-hydroxylation sites is 1. The molecule has 3 rings (SSSR count). The van der Waals surface area contributed by atoms with E-state index in [1.165, 1.54) is 0 Å². The molecule has 1 aliphatic heterocycles. The lowest BCUT2D eigenvalue weighted by molar-refractivity contribution is -0.117. The van der Waals surface area contributed by atoms with Crippen molar-refractivity contribution in [2.45, 2.75) is 11.7 Å². The number of hydrogen-bond acceptors (Lipinski definition) is 3. The topological polar surface area (TPSA) is 33.2 Å². The van der Waals surface area contributed by atoms with Gasteiger partial charge in [-0.05, 0) is 18.2 Å². The fourth-order valence-corrected chi connectivity index (χ4v) is 2.44. The molecule has 17 heavy (non-hydrogen) atoms. The Balaban J connectivity index is 2.03. The van der Waals surface area contributed by atoms with Crippen molar-refractivity contribution in [1.82, 2.24) is 4.98 Å². The number of nitrogens with zero attached hydrogens (tertiary/aromatic N) is 2. The van der Waals surface area contributed by atoms with Crippen molar-refractivity contribution in [1.29, 1.82) is 0 Å². The first kappa shape index (κ1) is 10.6. The Morgan fingerprint density at radius 2 is 2.06 bits per heavy atom. The van der Waals surface area contributed by atoms with Gasteiger partial charge >= 0.3 is 0 Å². The fraction of sp³-hybridized carbons (Fsp3) is 0.231. The Morgan fingerprint density at radius 1 is 1.24 bits per heavy atom. The lowest BCUT2D eigenvalue weighted by Gasteiger charge is -2.15. The Kier molecular flexibility index (Phi) is 2.52. The van der Waals surface area contributed by atoms with Crippen LogP contribution in [0.15, 0.2) is 36.4 Å². The summed E-state index contributed by atoms with van der Waals surface area (Å²) in [6.45, 7) is 0.646. The summed E-state index contributed by atoms with van der Waals surface area (Å²) in [6.07, 6.45) is 0.498. The molecular formula is C13H12N2OS. The molecule has 1 aromatic heterocycles. The average Bonchev–Trinajstić information content (AvgIpc) is 2.68. The van der Waals surface area contributed by atoms with Crippen LogP contribution in [0.25, 0.3) is 10.9 Å². The smallest absolute Gasteiger partial charge is 0.229 e. The Bertz CT molecular complexity index is 584. The van der Waals surface area contributed by atoms with E-state index >= 15 is 0 Å². The van der Waals surface area contributed by atoms with Crippen LogP contribution in [0.5, 0.6) is 0 Å². The van der Waals surface area contributed by atoms with Crippen LogP contribution in [0, 0.1) is 0 Å². The first-order valence-corrected chi connectivity index (χ1v) is 6.10. The van der Waals surface area contributed by atoms with Crippen molar-refractivity contribution in [3.63, 3.8) is 0 Å². The zero-order chi connectivity index (χ0) is 11.8. The van der Waals surface area contributed by atoms with E-state index in [1.807, 2.05) is 36.4 Å². The minimum absolute atomic E-state index is 0.104. The zero-order valence-corrected chi connectivity index (χ0v) is 10.1. The SMILES string of the molecule is O=C1CC(S)CN1c1ccc2ccccc2n1. The Labute approximate surface area is 105 Å². The lowest BCUT2D eigenvalue weighted by atomic mass is 10.2. The van der Waals surface area contributed by atoms with Gasteiger partial charge in [0.2, 0.25) is 5.91 Å². The largest absolute Gasteiger partial charge is 0.296 e. The van der Waals surface area contributed by atoms with Gasteiger partial charge < -0.3 is 0 Å². The molecule has 0 N–H and O–H groups in total. The highest BCUT2D eigenvalue weighted by molar-refractivity contribution is 7.81. The normalized spacial score (nSPS) is 20.2. The molecule has 2 aromatic rings. The zero-order valence-electron chi connectivity index (χ0n) is 9.21. The van der Waals surface area contributed by atoms with Crippen molar-refractivity contribution in [2.75, 3.05) is 11.4 Å². The van der Waals surface area contributed by atoms with Gasteiger partial charge in [0.05, 0.1) is 5.52 Å². The third-order valence-corrected chi connectivity index (χ3v) is 3.31. The van der Waals surface area contributed by atoms with Gasteiger partial charge in [0.1, 0.15) is 5.82 Å². The number of pyridine rings is 1. The summed E-state index contributed by atoms with van der Waals surface area (Å²) in [4.78, 5) is 18.0. The predicted molar refractivity (Wildman–Crippen MR) is 71.5 cm³/mol. The van der Waals surface area contributed by atoms with E-state index < -0.39 is 0 Å². The van der Waals surface area contributed by atoms with E-state index in [2.05, 4.69) is 17.6 Å². The minimum Gasteiger partial charge on any atom is -0.296 e. The fourth-order valence-electron chi connectivity index (χ4n) is 2.12. The standard InChI is InChI=1S/C13H12N2OS/c16-13-7-10(17)8-15(13)12-6-5-9-3-1-2-4-11(9)14-12/h1-6,10,17H,7-8H2. The van der Waals surface area contributed by atoms with Crippen molar-refractivity contribution in [3.05, 3.63) is 36.4 Å². The summed E-state index contributed by atoms with van der Waals surface area (Å²) in [5, 5.41) is 1.21. The number of hydrogen-bond donors (Lipinski definition) is 1. The van der Waals surface area contributed by atoms with E-state index in [1.54, 1.807) is 4.90 Å². The number of benzene rings is 1. The van der Waals surface area contributed by atoms with E-state index in [0.717, 1.165) is 16.7 Å². The molecule has 4 heteroatoms. The molecule has 1 fully saturated rings. The molecule has 3 nitrogen and oxygen atoms in total. The maximum Gasteiger partial charge on any atom is 0.229 e. The molecule has 2 heterocycles. The molecule has 1 saturated heterocycles. The summed E-state index contributed by atoms with van der Waals surface area (Å²) in [5.74, 6) is 0.832. The van der Waals surface area contributed by atoms with Gasteiger partial charge in [-0.1, -0.05) is 18.2 Å². The van der Waals surface area contributed by atoms with E-state index in [0.29, 0.717) is 13.0 Å². The molecule has 1 unspecified atom stereocenters. The number of carbonyl (C=O) groups is 1. The first-order chi connectivity index (χ1) is 8.24. The number of carbonyl (C=O) groups excluding carboxylic acids is 1. The van der Waals surface area contributed by atoms with Crippen LogP contribution >= 0.6 is 12.6 Å². The van der Waals surface area contributed by atoms with Crippen molar-refractivity contribution in [3.8, 4) is 0 Å². The summed E-state index contributed by atoms with van der Waals surface area (Å²) >= 11 is 4.34. The van der Waals surface area contributed by atoms with Crippen LogP contribution in [0.1, 0.15) is 6.42 Å². The molecule has 0 aliphatic carbocycles. The van der Waals surface area contributed by atoms with E-state index in [9.17, 15) is 4.79 Å². The quantitative estimate of drug-likeness (QED) is 0.781. The number of aromatic nitrogens is 1. The van der Waals surface area contributed by atoms with Crippen molar-refractivity contribution < 1.29 is 4.79 Å². The first-order valence-electron chi connectivity index (χ1n) is 5.58. The van der Waals surface area contributed by atoms with Gasteiger partial charge in [-0.3, -0.25) is 9.69 Å². The molecule has 0 saturated carbocycles. The summed E-state index contributed by atoms with van der Waals surface area (Å²) in [5.41, 5.74) is 0.917. The molecule has 1 amide bonds. The van der Waals surface area contributed by atoms with Gasteiger partial charge in [0, 0.05) is 23.6 Å². The van der Waals surface area contributed by atoms with Gasteiger partial charge in [-0.25, -0.2) is 4.98 Å². The number of anilines is 1. The van der Waals surface area contributed by atoms with Crippen LogP contribution in [0.4, 0.5) is 5.82 Å². The maximum absolute atomic E-state index is 11.8. The average molecular weight is 244 g/mol. The second-order valence-electron chi connectivity index (χ2n) is 4.22. The van der Waals surface area contributed by atoms with Crippen molar-refractivity contribution in [2.24, 2.45) is 0 Å². The molecule has 86 valence electrons. The molecular weight excluding hydrogens is 232 g/mol. The van der Waals surface area contributed by atoms with Crippen molar-refractivity contribution >= 4 is 35.3 Å². The van der Waals surface area contributed by atoms with Gasteiger partial charge in [-0.2, -0.15) is 12.6 Å². The van der Waals surface area contributed by atoms with Gasteiger partial charge in [0.15, 0.2) is 0 Å². The second-order valence-corrected chi connectivity index (χ2v) is 4.95. The monoisotopic (exact) mass is 244 g/mol. The van der Waals surface area contributed by atoms with Crippen LogP contribution in [-0.2, 0) is 4.79 Å². The van der Waals surface area contributed by atoms with E-state index in [4.69, 9.17) is 0 Å². The highest BCUT2D eigenvalue weighted by atomic mass is 32.1. The van der Waals surface area contributed by atoms with Crippen LogP contribution in [0.3, 0.4) is 0 Å². The second kappa shape index (κ2) is 4.04. The maximum atomic E-state index is 11.8. The highest BCUT2D eigenvalue weighted by Gasteiger charge is 2.29. The number of fused-ring (bicyclic) bond motifs is 1.